The van der Waals surface area contributed by atoms with Crippen LogP contribution in [0, 0.1) is 0 Å². The third kappa shape index (κ3) is 4.93. The van der Waals surface area contributed by atoms with E-state index in [2.05, 4.69) is 0 Å². The van der Waals surface area contributed by atoms with E-state index in [1.165, 1.54) is 11.0 Å². The standard InChI is InChI=1S/C14H18N2O3/c1-10(17)9-16(2)13(18)8-5-11-3-6-12(7-4-11)14(15)19/h3-8,10,17H,9H2,1-2H3,(H2,15,19). The fourth-order valence-corrected chi connectivity index (χ4v) is 1.54. The summed E-state index contributed by atoms with van der Waals surface area (Å²) in [6, 6.07) is 6.62. The van der Waals surface area contributed by atoms with Crippen LogP contribution < -0.4 is 5.73 Å². The topological polar surface area (TPSA) is 83.6 Å². The molecule has 19 heavy (non-hydrogen) atoms. The van der Waals surface area contributed by atoms with Crippen LogP contribution in [0.2, 0.25) is 0 Å². The summed E-state index contributed by atoms with van der Waals surface area (Å²) in [6.45, 7) is 1.90. The van der Waals surface area contributed by atoms with Gasteiger partial charge in [-0.25, -0.2) is 0 Å². The number of hydrogen-bond acceptors (Lipinski definition) is 3. The fraction of sp³-hybridized carbons (Fsp3) is 0.286. The number of benzene rings is 1. The molecule has 0 aliphatic heterocycles. The molecule has 0 aliphatic carbocycles. The summed E-state index contributed by atoms with van der Waals surface area (Å²) in [6.07, 6.45) is 2.50. The molecule has 0 aliphatic rings. The number of amides is 2. The van der Waals surface area contributed by atoms with Crippen LogP contribution in [0.3, 0.4) is 0 Å². The number of nitrogens with two attached hydrogens (primary N) is 1. The van der Waals surface area contributed by atoms with Crippen molar-refractivity contribution in [3.63, 3.8) is 0 Å². The highest BCUT2D eigenvalue weighted by Crippen LogP contribution is 2.06. The van der Waals surface area contributed by atoms with Gasteiger partial charge in [0.2, 0.25) is 11.8 Å². The van der Waals surface area contributed by atoms with E-state index >= 15 is 0 Å². The maximum atomic E-state index is 11.7. The Balaban J connectivity index is 2.65. The van der Waals surface area contributed by atoms with Crippen LogP contribution in [-0.4, -0.2) is 41.5 Å². The van der Waals surface area contributed by atoms with Gasteiger partial charge >= 0.3 is 0 Å². The summed E-state index contributed by atoms with van der Waals surface area (Å²) >= 11 is 0. The normalized spacial score (nSPS) is 12.4. The van der Waals surface area contributed by atoms with Crippen molar-refractivity contribution in [2.45, 2.75) is 13.0 Å². The predicted octanol–water partition coefficient (Wildman–Crippen LogP) is 0.638. The van der Waals surface area contributed by atoms with Crippen LogP contribution >= 0.6 is 0 Å². The van der Waals surface area contributed by atoms with E-state index in [0.29, 0.717) is 5.56 Å². The Morgan fingerprint density at radius 2 is 1.95 bits per heavy atom. The number of rotatable bonds is 5. The van der Waals surface area contributed by atoms with E-state index in [1.807, 2.05) is 0 Å². The summed E-state index contributed by atoms with van der Waals surface area (Å²) in [5, 5.41) is 9.18. The Morgan fingerprint density at radius 3 is 2.42 bits per heavy atom. The van der Waals surface area contributed by atoms with Crippen molar-refractivity contribution in [1.82, 2.24) is 4.90 Å². The Hall–Kier alpha value is -2.14. The van der Waals surface area contributed by atoms with E-state index < -0.39 is 12.0 Å². The summed E-state index contributed by atoms with van der Waals surface area (Å²) in [5.74, 6) is -0.678. The van der Waals surface area contributed by atoms with Gasteiger partial charge in [-0.3, -0.25) is 9.59 Å². The predicted molar refractivity (Wildman–Crippen MR) is 73.3 cm³/mol. The first-order valence-electron chi connectivity index (χ1n) is 5.91. The molecule has 0 saturated carbocycles. The molecule has 102 valence electrons. The second kappa shape index (κ2) is 6.70. The molecule has 5 nitrogen and oxygen atoms in total. The van der Waals surface area contributed by atoms with Gasteiger partial charge in [-0.15, -0.1) is 0 Å². The molecule has 2 amide bonds. The number of primary amides is 1. The highest BCUT2D eigenvalue weighted by Gasteiger charge is 2.07. The van der Waals surface area contributed by atoms with Crippen LogP contribution in [0.5, 0.6) is 0 Å². The molecule has 0 bridgehead atoms. The Morgan fingerprint density at radius 1 is 1.37 bits per heavy atom. The second-order valence-electron chi connectivity index (χ2n) is 4.39. The van der Waals surface area contributed by atoms with Gasteiger partial charge in [0, 0.05) is 25.2 Å². The highest BCUT2D eigenvalue weighted by molar-refractivity contribution is 5.94. The van der Waals surface area contributed by atoms with Gasteiger partial charge in [-0.2, -0.15) is 0 Å². The Kier molecular flexibility index (Phi) is 5.26. The average molecular weight is 262 g/mol. The number of likely N-dealkylation sites (N-methyl/N-ethyl adjacent to an activating group) is 1. The van der Waals surface area contributed by atoms with Crippen LogP contribution in [0.25, 0.3) is 6.08 Å². The lowest BCUT2D eigenvalue weighted by molar-refractivity contribution is -0.125. The summed E-state index contributed by atoms with van der Waals surface area (Å²) in [7, 11) is 1.62. The smallest absolute Gasteiger partial charge is 0.248 e. The lowest BCUT2D eigenvalue weighted by Gasteiger charge is -2.16. The quantitative estimate of drug-likeness (QED) is 0.764. The van der Waals surface area contributed by atoms with Gasteiger partial charge in [0.25, 0.3) is 0 Å². The number of aliphatic hydroxyl groups excluding tert-OH is 1. The number of nitrogens with zero attached hydrogens (tertiary/aromatic N) is 1. The van der Waals surface area contributed by atoms with Gasteiger partial charge < -0.3 is 15.7 Å². The molecule has 0 fully saturated rings. The van der Waals surface area contributed by atoms with Crippen molar-refractivity contribution in [3.05, 3.63) is 41.5 Å². The van der Waals surface area contributed by atoms with Crippen LogP contribution in [0.15, 0.2) is 30.3 Å². The lowest BCUT2D eigenvalue weighted by Crippen LogP contribution is -2.31. The first kappa shape index (κ1) is 14.9. The SMILES string of the molecule is CC(O)CN(C)C(=O)C=Cc1ccc(C(N)=O)cc1. The first-order chi connectivity index (χ1) is 8.90. The molecule has 0 saturated heterocycles. The number of aliphatic hydroxyl groups is 1. The van der Waals surface area contributed by atoms with Gasteiger partial charge in [-0.1, -0.05) is 12.1 Å². The van der Waals surface area contributed by atoms with E-state index in [9.17, 15) is 14.7 Å². The molecule has 1 aromatic carbocycles. The lowest BCUT2D eigenvalue weighted by atomic mass is 10.1. The van der Waals surface area contributed by atoms with E-state index in [0.717, 1.165) is 5.56 Å². The molecular weight excluding hydrogens is 244 g/mol. The van der Waals surface area contributed by atoms with Crippen LogP contribution in [-0.2, 0) is 4.79 Å². The molecule has 3 N–H and O–H groups in total. The number of hydrogen-bond donors (Lipinski definition) is 2. The van der Waals surface area contributed by atoms with Crippen molar-refractivity contribution in [2.24, 2.45) is 5.73 Å². The third-order valence-electron chi connectivity index (χ3n) is 2.53. The minimum absolute atomic E-state index is 0.195. The molecule has 0 radical (unpaired) electrons. The number of carbonyl (C=O) groups is 2. The minimum Gasteiger partial charge on any atom is -0.392 e. The molecule has 0 aromatic heterocycles. The number of carbonyl (C=O) groups excluding carboxylic acids is 2. The maximum Gasteiger partial charge on any atom is 0.248 e. The van der Waals surface area contributed by atoms with Gasteiger partial charge in [0.05, 0.1) is 6.10 Å². The van der Waals surface area contributed by atoms with Crippen molar-refractivity contribution in [2.75, 3.05) is 13.6 Å². The minimum atomic E-state index is -0.558. The summed E-state index contributed by atoms with van der Waals surface area (Å²) < 4.78 is 0. The van der Waals surface area contributed by atoms with Crippen molar-refractivity contribution < 1.29 is 14.7 Å². The van der Waals surface area contributed by atoms with E-state index in [-0.39, 0.29) is 12.5 Å². The Labute approximate surface area is 112 Å². The molecule has 0 heterocycles. The zero-order chi connectivity index (χ0) is 14.4. The molecule has 0 spiro atoms. The van der Waals surface area contributed by atoms with Gasteiger partial charge in [0.15, 0.2) is 0 Å². The molecule has 1 unspecified atom stereocenters. The molecule has 1 atom stereocenters. The monoisotopic (exact) mass is 262 g/mol. The van der Waals surface area contributed by atoms with Crippen LogP contribution in [0.1, 0.15) is 22.8 Å². The summed E-state index contributed by atoms with van der Waals surface area (Å²) in [5.41, 5.74) is 6.35. The summed E-state index contributed by atoms with van der Waals surface area (Å²) in [4.78, 5) is 24.0. The van der Waals surface area contributed by atoms with Gasteiger partial charge in [0.1, 0.15) is 0 Å². The first-order valence-corrected chi connectivity index (χ1v) is 5.91. The molecule has 1 rings (SSSR count). The maximum absolute atomic E-state index is 11.7. The van der Waals surface area contributed by atoms with Gasteiger partial charge in [-0.05, 0) is 30.7 Å². The van der Waals surface area contributed by atoms with E-state index in [4.69, 9.17) is 5.73 Å². The largest absolute Gasteiger partial charge is 0.392 e. The second-order valence-corrected chi connectivity index (χ2v) is 4.39. The van der Waals surface area contributed by atoms with Crippen molar-refractivity contribution in [3.8, 4) is 0 Å². The zero-order valence-corrected chi connectivity index (χ0v) is 11.0. The third-order valence-corrected chi connectivity index (χ3v) is 2.53. The van der Waals surface area contributed by atoms with Crippen molar-refractivity contribution >= 4 is 17.9 Å². The highest BCUT2D eigenvalue weighted by atomic mass is 16.3. The van der Waals surface area contributed by atoms with E-state index in [1.54, 1.807) is 44.3 Å². The zero-order valence-electron chi connectivity index (χ0n) is 11.0. The Bertz CT molecular complexity index is 478. The van der Waals surface area contributed by atoms with Crippen molar-refractivity contribution in [1.29, 1.82) is 0 Å². The fourth-order valence-electron chi connectivity index (χ4n) is 1.54. The molecule has 1 aromatic rings. The average Bonchev–Trinajstić information content (AvgIpc) is 2.35. The molecular formula is C14H18N2O3. The molecule has 5 heteroatoms. The van der Waals surface area contributed by atoms with Crippen LogP contribution in [0.4, 0.5) is 0 Å².